The van der Waals surface area contributed by atoms with Gasteiger partial charge in [0.05, 0.1) is 6.54 Å². The van der Waals surface area contributed by atoms with Gasteiger partial charge in [0, 0.05) is 19.5 Å². The van der Waals surface area contributed by atoms with Gasteiger partial charge < -0.3 is 0 Å². The zero-order valence-corrected chi connectivity index (χ0v) is 5.79. The third-order valence-electron chi connectivity index (χ3n) is 1.97. The van der Waals surface area contributed by atoms with E-state index in [1.54, 1.807) is 0 Å². The number of carbonyl (C=O) groups is 1. The molecule has 2 aliphatic heterocycles. The van der Waals surface area contributed by atoms with Crippen LogP contribution in [-0.4, -0.2) is 35.6 Å². The van der Waals surface area contributed by atoms with Gasteiger partial charge in [-0.1, -0.05) is 12.2 Å². The van der Waals surface area contributed by atoms with Crippen molar-refractivity contribution in [2.45, 2.75) is 6.42 Å². The van der Waals surface area contributed by atoms with Gasteiger partial charge >= 0.3 is 0 Å². The summed E-state index contributed by atoms with van der Waals surface area (Å²) in [7, 11) is 0. The number of carbonyl (C=O) groups excluding carboxylic acids is 1. The number of hydrazine groups is 1. The average Bonchev–Trinajstić information content (AvgIpc) is 2.34. The van der Waals surface area contributed by atoms with Crippen LogP contribution >= 0.6 is 0 Å². The van der Waals surface area contributed by atoms with E-state index in [9.17, 15) is 4.79 Å². The van der Waals surface area contributed by atoms with E-state index in [4.69, 9.17) is 0 Å². The smallest absolute Gasteiger partial charge is 0.238 e. The Balaban J connectivity index is 2.17. The average molecular weight is 138 g/mol. The Morgan fingerprint density at radius 1 is 1.30 bits per heavy atom. The molecule has 3 nitrogen and oxygen atoms in total. The van der Waals surface area contributed by atoms with Crippen LogP contribution < -0.4 is 0 Å². The van der Waals surface area contributed by atoms with Crippen molar-refractivity contribution in [3.05, 3.63) is 12.2 Å². The summed E-state index contributed by atoms with van der Waals surface area (Å²) in [6.07, 6.45) is 4.84. The first-order chi connectivity index (χ1) is 4.88. The van der Waals surface area contributed by atoms with Crippen molar-refractivity contribution >= 4 is 5.91 Å². The topological polar surface area (TPSA) is 23.6 Å². The number of amides is 1. The first kappa shape index (κ1) is 5.92. The highest BCUT2D eigenvalue weighted by Gasteiger charge is 2.28. The molecule has 0 bridgehead atoms. The van der Waals surface area contributed by atoms with Gasteiger partial charge in [0.15, 0.2) is 0 Å². The van der Waals surface area contributed by atoms with Gasteiger partial charge in [-0.25, -0.2) is 5.01 Å². The summed E-state index contributed by atoms with van der Waals surface area (Å²) in [4.78, 5) is 11.1. The zero-order valence-electron chi connectivity index (χ0n) is 5.79. The molecule has 3 heteroatoms. The SMILES string of the molecule is O=C1CCN2CC=CCN12. The van der Waals surface area contributed by atoms with E-state index < -0.39 is 0 Å². The van der Waals surface area contributed by atoms with Crippen molar-refractivity contribution < 1.29 is 4.79 Å². The van der Waals surface area contributed by atoms with Crippen molar-refractivity contribution in [3.63, 3.8) is 0 Å². The highest BCUT2D eigenvalue weighted by Crippen LogP contribution is 2.13. The number of hydrogen-bond acceptors (Lipinski definition) is 2. The summed E-state index contributed by atoms with van der Waals surface area (Å²) in [5.74, 6) is 0.268. The van der Waals surface area contributed by atoms with Crippen LogP contribution in [0.25, 0.3) is 0 Å². The van der Waals surface area contributed by atoms with E-state index in [0.29, 0.717) is 6.42 Å². The lowest BCUT2D eigenvalue weighted by molar-refractivity contribution is -0.136. The van der Waals surface area contributed by atoms with Crippen molar-refractivity contribution in [1.29, 1.82) is 0 Å². The minimum atomic E-state index is 0.268. The van der Waals surface area contributed by atoms with Gasteiger partial charge in [-0.3, -0.25) is 9.80 Å². The van der Waals surface area contributed by atoms with Gasteiger partial charge in [-0.05, 0) is 0 Å². The van der Waals surface area contributed by atoms with Crippen molar-refractivity contribution in [2.75, 3.05) is 19.6 Å². The van der Waals surface area contributed by atoms with Crippen LogP contribution in [-0.2, 0) is 4.79 Å². The van der Waals surface area contributed by atoms with Gasteiger partial charge in [-0.2, -0.15) is 0 Å². The molecule has 2 rings (SSSR count). The van der Waals surface area contributed by atoms with Crippen LogP contribution in [0.15, 0.2) is 12.2 Å². The van der Waals surface area contributed by atoms with Crippen molar-refractivity contribution in [1.82, 2.24) is 10.0 Å². The van der Waals surface area contributed by atoms with Crippen LogP contribution in [0.5, 0.6) is 0 Å². The summed E-state index contributed by atoms with van der Waals surface area (Å²) in [6.45, 7) is 2.59. The van der Waals surface area contributed by atoms with E-state index in [2.05, 4.69) is 11.1 Å². The van der Waals surface area contributed by atoms with Gasteiger partial charge in [0.2, 0.25) is 5.91 Å². The van der Waals surface area contributed by atoms with Crippen LogP contribution in [0.1, 0.15) is 6.42 Å². The summed E-state index contributed by atoms with van der Waals surface area (Å²) in [5.41, 5.74) is 0. The van der Waals surface area contributed by atoms with Crippen LogP contribution in [0.4, 0.5) is 0 Å². The highest BCUT2D eigenvalue weighted by atomic mass is 16.2. The van der Waals surface area contributed by atoms with Crippen LogP contribution in [0.3, 0.4) is 0 Å². The Bertz CT molecular complexity index is 188. The molecule has 0 radical (unpaired) electrons. The Morgan fingerprint density at radius 2 is 2.10 bits per heavy atom. The van der Waals surface area contributed by atoms with E-state index >= 15 is 0 Å². The van der Waals surface area contributed by atoms with E-state index in [1.165, 1.54) is 0 Å². The Labute approximate surface area is 59.9 Å². The molecule has 10 heavy (non-hydrogen) atoms. The number of hydrogen-bond donors (Lipinski definition) is 0. The van der Waals surface area contributed by atoms with Gasteiger partial charge in [-0.15, -0.1) is 0 Å². The fraction of sp³-hybridized carbons (Fsp3) is 0.571. The molecule has 1 amide bonds. The minimum Gasteiger partial charge on any atom is -0.273 e. The molecule has 54 valence electrons. The number of rotatable bonds is 0. The van der Waals surface area contributed by atoms with Gasteiger partial charge in [0.25, 0.3) is 0 Å². The number of fused-ring (bicyclic) bond motifs is 1. The molecular formula is C7H10N2O. The first-order valence-electron chi connectivity index (χ1n) is 3.58. The molecule has 2 heterocycles. The molecule has 0 aromatic carbocycles. The lowest BCUT2D eigenvalue weighted by Crippen LogP contribution is -2.41. The van der Waals surface area contributed by atoms with E-state index in [1.807, 2.05) is 11.1 Å². The second-order valence-corrected chi connectivity index (χ2v) is 2.61. The maximum Gasteiger partial charge on any atom is 0.238 e. The van der Waals surface area contributed by atoms with Crippen LogP contribution in [0, 0.1) is 0 Å². The Kier molecular flexibility index (Phi) is 1.24. The largest absolute Gasteiger partial charge is 0.273 e. The Hall–Kier alpha value is -0.830. The van der Waals surface area contributed by atoms with E-state index in [0.717, 1.165) is 19.6 Å². The maximum atomic E-state index is 11.1. The summed E-state index contributed by atoms with van der Waals surface area (Å²) in [6, 6.07) is 0. The second kappa shape index (κ2) is 2.09. The predicted molar refractivity (Wildman–Crippen MR) is 37.0 cm³/mol. The van der Waals surface area contributed by atoms with Crippen molar-refractivity contribution in [2.24, 2.45) is 0 Å². The maximum absolute atomic E-state index is 11.1. The normalized spacial score (nSPS) is 25.6. The Morgan fingerprint density at radius 3 is 2.90 bits per heavy atom. The molecule has 0 saturated carbocycles. The first-order valence-corrected chi connectivity index (χ1v) is 3.58. The third kappa shape index (κ3) is 0.743. The zero-order chi connectivity index (χ0) is 6.97. The third-order valence-corrected chi connectivity index (χ3v) is 1.97. The molecule has 0 N–H and O–H groups in total. The molecule has 0 atom stereocenters. The second-order valence-electron chi connectivity index (χ2n) is 2.61. The standard InChI is InChI=1S/C7H10N2O/c10-7-3-6-8-4-1-2-5-9(7)8/h1-2H,3-6H2. The molecule has 0 unspecified atom stereocenters. The quantitative estimate of drug-likeness (QED) is 0.440. The highest BCUT2D eigenvalue weighted by molar-refractivity contribution is 5.77. The molecular weight excluding hydrogens is 128 g/mol. The van der Waals surface area contributed by atoms with Crippen LogP contribution in [0.2, 0.25) is 0 Å². The molecule has 1 fully saturated rings. The lowest BCUT2D eigenvalue weighted by atomic mass is 10.4. The molecule has 0 spiro atoms. The molecule has 0 aliphatic carbocycles. The molecule has 1 saturated heterocycles. The fourth-order valence-electron chi connectivity index (χ4n) is 1.41. The minimum absolute atomic E-state index is 0.268. The van der Waals surface area contributed by atoms with Crippen molar-refractivity contribution in [3.8, 4) is 0 Å². The molecule has 0 aromatic heterocycles. The fourth-order valence-corrected chi connectivity index (χ4v) is 1.41. The summed E-state index contributed by atoms with van der Waals surface area (Å²) < 4.78 is 0. The summed E-state index contributed by atoms with van der Waals surface area (Å²) >= 11 is 0. The predicted octanol–water partition coefficient (Wildman–Crippen LogP) is 0.00550. The monoisotopic (exact) mass is 138 g/mol. The molecule has 2 aliphatic rings. The summed E-state index contributed by atoms with van der Waals surface area (Å²) in [5, 5.41) is 3.91. The lowest BCUT2D eigenvalue weighted by Gasteiger charge is -2.28. The van der Waals surface area contributed by atoms with E-state index in [-0.39, 0.29) is 5.91 Å². The molecule has 0 aromatic rings. The van der Waals surface area contributed by atoms with Gasteiger partial charge in [0.1, 0.15) is 0 Å². The number of nitrogens with zero attached hydrogens (tertiary/aromatic N) is 2.